The van der Waals surface area contributed by atoms with Crippen molar-refractivity contribution >= 4 is 17.2 Å². The van der Waals surface area contributed by atoms with Gasteiger partial charge in [0.25, 0.3) is 0 Å². The fourth-order valence-corrected chi connectivity index (χ4v) is 4.57. The molecule has 1 amide bonds. The number of carbonyl (C=O) groups excluding carboxylic acids is 1. The Morgan fingerprint density at radius 1 is 1.26 bits per heavy atom. The van der Waals surface area contributed by atoms with Gasteiger partial charge in [0.05, 0.1) is 29.8 Å². The highest BCUT2D eigenvalue weighted by atomic mass is 32.1. The number of morpholine rings is 1. The zero-order valence-corrected chi connectivity index (χ0v) is 14.4. The van der Waals surface area contributed by atoms with Crippen LogP contribution in [0.15, 0.2) is 5.38 Å². The van der Waals surface area contributed by atoms with Crippen LogP contribution in [0.1, 0.15) is 42.3 Å². The Labute approximate surface area is 141 Å². The molecule has 23 heavy (non-hydrogen) atoms. The summed E-state index contributed by atoms with van der Waals surface area (Å²) in [6.07, 6.45) is 4.76. The maximum Gasteiger partial charge on any atom is 0.227 e. The third-order valence-electron chi connectivity index (χ3n) is 5.06. The van der Waals surface area contributed by atoms with E-state index in [1.54, 1.807) is 0 Å². The molecule has 0 bridgehead atoms. The number of aromatic nitrogens is 1. The van der Waals surface area contributed by atoms with E-state index in [2.05, 4.69) is 10.3 Å². The van der Waals surface area contributed by atoms with Gasteiger partial charge in [-0.05, 0) is 32.2 Å². The van der Waals surface area contributed by atoms with Crippen LogP contribution in [0.5, 0.6) is 0 Å². The van der Waals surface area contributed by atoms with Crippen LogP contribution in [0.4, 0.5) is 0 Å². The molecule has 126 valence electrons. The lowest BCUT2D eigenvalue weighted by Crippen LogP contribution is -2.48. The second-order valence-corrected chi connectivity index (χ2v) is 7.85. The van der Waals surface area contributed by atoms with Crippen LogP contribution in [0.25, 0.3) is 0 Å². The first-order valence-electron chi connectivity index (χ1n) is 8.83. The van der Waals surface area contributed by atoms with Gasteiger partial charge < -0.3 is 9.64 Å². The molecule has 1 aromatic heterocycles. The van der Waals surface area contributed by atoms with Gasteiger partial charge in [0.1, 0.15) is 0 Å². The molecule has 1 atom stereocenters. The van der Waals surface area contributed by atoms with E-state index in [9.17, 15) is 4.79 Å². The quantitative estimate of drug-likeness (QED) is 0.845. The Morgan fingerprint density at radius 2 is 2.09 bits per heavy atom. The van der Waals surface area contributed by atoms with E-state index in [0.29, 0.717) is 19.1 Å². The van der Waals surface area contributed by atoms with Gasteiger partial charge >= 0.3 is 0 Å². The number of piperidine rings is 1. The number of likely N-dealkylation sites (tertiary alicyclic amines) is 1. The molecule has 0 N–H and O–H groups in total. The molecule has 0 aromatic carbocycles. The molecule has 3 heterocycles. The summed E-state index contributed by atoms with van der Waals surface area (Å²) in [5, 5.41) is 3.53. The normalized spacial score (nSPS) is 26.4. The predicted molar refractivity (Wildman–Crippen MR) is 89.5 cm³/mol. The van der Waals surface area contributed by atoms with Crippen LogP contribution in [0, 0.1) is 5.92 Å². The minimum absolute atomic E-state index is 0.156. The summed E-state index contributed by atoms with van der Waals surface area (Å²) in [6, 6.07) is 0. The van der Waals surface area contributed by atoms with E-state index in [-0.39, 0.29) is 5.92 Å². The molecule has 3 fully saturated rings. The minimum atomic E-state index is 0.156. The number of ether oxygens (including phenoxy) is 1. The van der Waals surface area contributed by atoms with Crippen LogP contribution < -0.4 is 0 Å². The van der Waals surface area contributed by atoms with E-state index in [1.807, 2.05) is 16.2 Å². The average Bonchev–Trinajstić information content (AvgIpc) is 3.35. The fraction of sp³-hybridized carbons (Fsp3) is 0.765. The first-order chi connectivity index (χ1) is 11.3. The van der Waals surface area contributed by atoms with Gasteiger partial charge in [0, 0.05) is 37.5 Å². The highest BCUT2D eigenvalue weighted by Crippen LogP contribution is 2.41. The van der Waals surface area contributed by atoms with Gasteiger partial charge in [0.15, 0.2) is 0 Å². The van der Waals surface area contributed by atoms with Crippen molar-refractivity contribution in [3.63, 3.8) is 0 Å². The number of thiazole rings is 1. The highest BCUT2D eigenvalue weighted by molar-refractivity contribution is 7.09. The summed E-state index contributed by atoms with van der Waals surface area (Å²) in [4.78, 5) is 21.9. The van der Waals surface area contributed by atoms with Crippen LogP contribution in [-0.2, 0) is 16.1 Å². The fourth-order valence-electron chi connectivity index (χ4n) is 3.58. The molecule has 1 unspecified atom stereocenters. The predicted octanol–water partition coefficient (Wildman–Crippen LogP) is 2.09. The number of hydrogen-bond acceptors (Lipinski definition) is 5. The van der Waals surface area contributed by atoms with Crippen LogP contribution in [0.2, 0.25) is 0 Å². The number of nitrogens with zero attached hydrogens (tertiary/aromatic N) is 3. The lowest BCUT2D eigenvalue weighted by atomic mass is 9.96. The van der Waals surface area contributed by atoms with Crippen molar-refractivity contribution in [2.45, 2.75) is 38.1 Å². The van der Waals surface area contributed by atoms with Crippen molar-refractivity contribution in [1.82, 2.24) is 14.8 Å². The summed E-state index contributed by atoms with van der Waals surface area (Å²) in [5.41, 5.74) is 1.19. The Kier molecular flexibility index (Phi) is 4.64. The van der Waals surface area contributed by atoms with E-state index in [1.165, 1.54) is 23.5 Å². The Morgan fingerprint density at radius 3 is 2.87 bits per heavy atom. The summed E-state index contributed by atoms with van der Waals surface area (Å²) >= 11 is 1.81. The third-order valence-corrected chi connectivity index (χ3v) is 6.12. The molecule has 0 spiro atoms. The molecule has 3 aliphatic rings. The summed E-state index contributed by atoms with van der Waals surface area (Å²) in [6.45, 7) is 5.75. The van der Waals surface area contributed by atoms with Gasteiger partial charge in [-0.3, -0.25) is 9.69 Å². The largest absolute Gasteiger partial charge is 0.378 e. The SMILES string of the molecule is O=C(C1CCCN(Cc2csc(C3CC3)n2)C1)N1CCOCC1. The van der Waals surface area contributed by atoms with Crippen LogP contribution >= 0.6 is 11.3 Å². The van der Waals surface area contributed by atoms with E-state index < -0.39 is 0 Å². The van der Waals surface area contributed by atoms with Crippen molar-refractivity contribution in [2.24, 2.45) is 5.92 Å². The molecular formula is C17H25N3O2S. The molecule has 1 aromatic rings. The maximum absolute atomic E-state index is 12.7. The molecular weight excluding hydrogens is 310 g/mol. The summed E-state index contributed by atoms with van der Waals surface area (Å²) in [5.74, 6) is 1.23. The molecule has 5 nitrogen and oxygen atoms in total. The Balaban J connectivity index is 1.33. The average molecular weight is 335 g/mol. The third kappa shape index (κ3) is 3.75. The molecule has 2 saturated heterocycles. The first-order valence-corrected chi connectivity index (χ1v) is 9.71. The lowest BCUT2D eigenvalue weighted by Gasteiger charge is -2.36. The zero-order valence-electron chi connectivity index (χ0n) is 13.6. The summed E-state index contributed by atoms with van der Waals surface area (Å²) < 4.78 is 5.35. The molecule has 0 radical (unpaired) electrons. The van der Waals surface area contributed by atoms with Crippen LogP contribution in [0.3, 0.4) is 0 Å². The molecule has 2 aliphatic heterocycles. The van der Waals surface area contributed by atoms with Crippen molar-refractivity contribution in [1.29, 1.82) is 0 Å². The zero-order chi connectivity index (χ0) is 15.6. The molecule has 1 aliphatic carbocycles. The highest BCUT2D eigenvalue weighted by Gasteiger charge is 2.31. The number of hydrogen-bond donors (Lipinski definition) is 0. The van der Waals surface area contributed by atoms with E-state index in [0.717, 1.165) is 51.5 Å². The first kappa shape index (κ1) is 15.5. The van der Waals surface area contributed by atoms with E-state index >= 15 is 0 Å². The number of amides is 1. The van der Waals surface area contributed by atoms with E-state index in [4.69, 9.17) is 9.72 Å². The standard InChI is InChI=1S/C17H25N3O2S/c21-17(20-6-8-22-9-7-20)14-2-1-5-19(10-14)11-15-12-23-16(18-15)13-3-4-13/h12-14H,1-11H2. The van der Waals surface area contributed by atoms with Gasteiger partial charge in [-0.25, -0.2) is 4.98 Å². The molecule has 4 rings (SSSR count). The number of rotatable bonds is 4. The Bertz CT molecular complexity index is 552. The smallest absolute Gasteiger partial charge is 0.227 e. The minimum Gasteiger partial charge on any atom is -0.378 e. The molecule has 6 heteroatoms. The lowest BCUT2D eigenvalue weighted by molar-refractivity contribution is -0.141. The van der Waals surface area contributed by atoms with Crippen molar-refractivity contribution in [3.05, 3.63) is 16.1 Å². The molecule has 1 saturated carbocycles. The maximum atomic E-state index is 12.7. The van der Waals surface area contributed by atoms with Crippen molar-refractivity contribution in [2.75, 3.05) is 39.4 Å². The van der Waals surface area contributed by atoms with Crippen LogP contribution in [-0.4, -0.2) is 60.1 Å². The van der Waals surface area contributed by atoms with Gasteiger partial charge in [-0.1, -0.05) is 0 Å². The van der Waals surface area contributed by atoms with Gasteiger partial charge in [-0.2, -0.15) is 0 Å². The number of carbonyl (C=O) groups is 1. The second-order valence-electron chi connectivity index (χ2n) is 6.96. The van der Waals surface area contributed by atoms with Crippen molar-refractivity contribution in [3.8, 4) is 0 Å². The monoisotopic (exact) mass is 335 g/mol. The van der Waals surface area contributed by atoms with Crippen molar-refractivity contribution < 1.29 is 9.53 Å². The Hall–Kier alpha value is -0.980. The topological polar surface area (TPSA) is 45.7 Å². The van der Waals surface area contributed by atoms with Gasteiger partial charge in [-0.15, -0.1) is 11.3 Å². The second kappa shape index (κ2) is 6.87. The summed E-state index contributed by atoms with van der Waals surface area (Å²) in [7, 11) is 0. The van der Waals surface area contributed by atoms with Gasteiger partial charge in [0.2, 0.25) is 5.91 Å².